The van der Waals surface area contributed by atoms with Crippen LogP contribution in [-0.2, 0) is 4.79 Å². The lowest BCUT2D eigenvalue weighted by atomic mass is 10.0. The predicted molar refractivity (Wildman–Crippen MR) is 221 cm³/mol. The number of amides is 1. The molecule has 0 aromatic carbocycles. The van der Waals surface area contributed by atoms with E-state index in [9.17, 15) is 15.0 Å². The minimum atomic E-state index is -0.871. The molecule has 0 heterocycles. The highest BCUT2D eigenvalue weighted by molar-refractivity contribution is 5.76. The zero-order valence-electron chi connectivity index (χ0n) is 33.4. The van der Waals surface area contributed by atoms with Gasteiger partial charge in [-0.3, -0.25) is 4.79 Å². The lowest BCUT2D eigenvalue weighted by Crippen LogP contribution is -2.45. The minimum absolute atomic E-state index is 0.0840. The first-order chi connectivity index (χ1) is 24.7. The Bertz CT molecular complexity index is 801. The Balaban J connectivity index is 3.65. The molecular formula is C46H85NO3. The fourth-order valence-corrected chi connectivity index (χ4v) is 6.38. The summed E-state index contributed by atoms with van der Waals surface area (Å²) in [6.07, 6.45) is 56.5. The number of aliphatic hydroxyl groups is 2. The van der Waals surface area contributed by atoms with E-state index < -0.39 is 12.1 Å². The van der Waals surface area contributed by atoms with E-state index in [0.717, 1.165) is 38.5 Å². The van der Waals surface area contributed by atoms with E-state index >= 15 is 0 Å². The number of rotatable bonds is 39. The van der Waals surface area contributed by atoms with Crippen LogP contribution in [0.25, 0.3) is 0 Å². The summed E-state index contributed by atoms with van der Waals surface area (Å²) in [6, 6.07) is -0.647. The van der Waals surface area contributed by atoms with Crippen LogP contribution in [0.1, 0.15) is 219 Å². The second-order valence-electron chi connectivity index (χ2n) is 14.7. The zero-order chi connectivity index (χ0) is 36.4. The highest BCUT2D eigenvalue weighted by Crippen LogP contribution is 2.14. The Kier molecular flexibility index (Phi) is 40.4. The van der Waals surface area contributed by atoms with Gasteiger partial charge in [-0.05, 0) is 70.6 Å². The zero-order valence-corrected chi connectivity index (χ0v) is 33.4. The smallest absolute Gasteiger partial charge is 0.220 e. The normalized spacial score (nSPS) is 13.4. The molecule has 0 aromatic rings. The van der Waals surface area contributed by atoms with Crippen molar-refractivity contribution in [2.24, 2.45) is 0 Å². The average molecular weight is 700 g/mol. The van der Waals surface area contributed by atoms with E-state index in [2.05, 4.69) is 55.6 Å². The van der Waals surface area contributed by atoms with Crippen molar-refractivity contribution in [3.63, 3.8) is 0 Å². The van der Waals surface area contributed by atoms with E-state index in [1.807, 2.05) is 6.08 Å². The monoisotopic (exact) mass is 700 g/mol. The number of unbranched alkanes of at least 4 members (excludes halogenated alkanes) is 26. The first-order valence-corrected chi connectivity index (χ1v) is 21.9. The molecule has 2 atom stereocenters. The Labute approximate surface area is 312 Å². The molecule has 0 rings (SSSR count). The maximum atomic E-state index is 12.4. The largest absolute Gasteiger partial charge is 0.394 e. The molecule has 0 radical (unpaired) electrons. The molecule has 292 valence electrons. The summed E-state index contributed by atoms with van der Waals surface area (Å²) in [5.41, 5.74) is 0. The Morgan fingerprint density at radius 1 is 0.460 bits per heavy atom. The van der Waals surface area contributed by atoms with Crippen molar-refractivity contribution in [1.29, 1.82) is 0 Å². The predicted octanol–water partition coefficient (Wildman–Crippen LogP) is 13.6. The van der Waals surface area contributed by atoms with Crippen molar-refractivity contribution in [3.8, 4) is 0 Å². The maximum absolute atomic E-state index is 12.4. The number of aliphatic hydroxyl groups excluding tert-OH is 2. The summed E-state index contributed by atoms with van der Waals surface area (Å²) in [5.74, 6) is -0.0840. The highest BCUT2D eigenvalue weighted by Gasteiger charge is 2.17. The molecule has 0 fully saturated rings. The number of hydrogen-bond acceptors (Lipinski definition) is 3. The van der Waals surface area contributed by atoms with E-state index in [1.54, 1.807) is 6.08 Å². The first-order valence-electron chi connectivity index (χ1n) is 21.9. The molecule has 3 N–H and O–H groups in total. The molecule has 2 unspecified atom stereocenters. The van der Waals surface area contributed by atoms with Crippen molar-refractivity contribution in [3.05, 3.63) is 48.6 Å². The van der Waals surface area contributed by atoms with Gasteiger partial charge in [-0.25, -0.2) is 0 Å². The van der Waals surface area contributed by atoms with Gasteiger partial charge in [-0.1, -0.05) is 191 Å². The van der Waals surface area contributed by atoms with Gasteiger partial charge < -0.3 is 15.5 Å². The summed E-state index contributed by atoms with van der Waals surface area (Å²) >= 11 is 0. The topological polar surface area (TPSA) is 69.6 Å². The van der Waals surface area contributed by atoms with Crippen molar-refractivity contribution < 1.29 is 15.0 Å². The molecule has 0 aliphatic rings. The van der Waals surface area contributed by atoms with E-state index in [0.29, 0.717) is 6.42 Å². The summed E-state index contributed by atoms with van der Waals surface area (Å²) in [5, 5.41) is 23.0. The molecule has 4 nitrogen and oxygen atoms in total. The quantitative estimate of drug-likeness (QED) is 0.0442. The Morgan fingerprint density at radius 3 is 1.18 bits per heavy atom. The number of allylic oxidation sites excluding steroid dienone is 7. The van der Waals surface area contributed by atoms with Crippen LogP contribution in [0.2, 0.25) is 0 Å². The summed E-state index contributed by atoms with van der Waals surface area (Å²) in [7, 11) is 0. The Hall–Kier alpha value is -1.65. The summed E-state index contributed by atoms with van der Waals surface area (Å²) < 4.78 is 0. The lowest BCUT2D eigenvalue weighted by Gasteiger charge is -2.19. The molecule has 0 bridgehead atoms. The SMILES string of the molecule is CCCCCC/C=C\CCCCCCCCCC(=O)NC(CO)C(O)/C=C/CC/C=C/CC/C=C/CCCCCCCCCCCCCCC. The molecule has 0 aliphatic carbocycles. The van der Waals surface area contributed by atoms with Crippen molar-refractivity contribution in [1.82, 2.24) is 5.32 Å². The van der Waals surface area contributed by atoms with Gasteiger partial charge in [0, 0.05) is 6.42 Å². The van der Waals surface area contributed by atoms with Crippen LogP contribution in [0.3, 0.4) is 0 Å². The van der Waals surface area contributed by atoms with Crippen LogP contribution in [0.15, 0.2) is 48.6 Å². The molecule has 0 aliphatic heterocycles. The van der Waals surface area contributed by atoms with Crippen LogP contribution in [0, 0.1) is 0 Å². The molecule has 0 spiro atoms. The third-order valence-corrected chi connectivity index (χ3v) is 9.76. The van der Waals surface area contributed by atoms with Crippen molar-refractivity contribution >= 4 is 5.91 Å². The van der Waals surface area contributed by atoms with Gasteiger partial charge in [0.15, 0.2) is 0 Å². The molecule has 1 amide bonds. The molecule has 0 aromatic heterocycles. The van der Waals surface area contributed by atoms with Crippen LogP contribution in [0.4, 0.5) is 0 Å². The lowest BCUT2D eigenvalue weighted by molar-refractivity contribution is -0.123. The maximum Gasteiger partial charge on any atom is 0.220 e. The van der Waals surface area contributed by atoms with Gasteiger partial charge in [0.05, 0.1) is 18.8 Å². The number of hydrogen-bond donors (Lipinski definition) is 3. The van der Waals surface area contributed by atoms with Crippen LogP contribution in [-0.4, -0.2) is 34.9 Å². The van der Waals surface area contributed by atoms with Gasteiger partial charge in [-0.15, -0.1) is 0 Å². The minimum Gasteiger partial charge on any atom is -0.394 e. The van der Waals surface area contributed by atoms with Gasteiger partial charge >= 0.3 is 0 Å². The number of carbonyl (C=O) groups is 1. The number of carbonyl (C=O) groups excluding carboxylic acids is 1. The van der Waals surface area contributed by atoms with Gasteiger partial charge in [-0.2, -0.15) is 0 Å². The van der Waals surface area contributed by atoms with Gasteiger partial charge in [0.2, 0.25) is 5.91 Å². The molecule has 4 heteroatoms. The van der Waals surface area contributed by atoms with Gasteiger partial charge in [0.1, 0.15) is 0 Å². The standard InChI is InChI=1S/C46H85NO3/c1-3-5-7-9-11-13-15-17-19-20-21-22-23-24-25-26-28-29-31-33-35-37-39-41-45(49)44(43-48)47-46(50)42-40-38-36-34-32-30-27-18-16-14-12-10-8-6-4-2/h14,16,25-26,31,33,39,41,44-45,48-49H,3-13,15,17-24,27-30,32,34-38,40,42-43H2,1-2H3,(H,47,50)/b16-14-,26-25+,33-31+,41-39+. The second-order valence-corrected chi connectivity index (χ2v) is 14.7. The van der Waals surface area contributed by atoms with Crippen molar-refractivity contribution in [2.75, 3.05) is 6.61 Å². The summed E-state index contributed by atoms with van der Waals surface area (Å²) in [6.45, 7) is 4.28. The fraction of sp³-hybridized carbons (Fsp3) is 0.804. The van der Waals surface area contributed by atoms with Crippen LogP contribution < -0.4 is 5.32 Å². The van der Waals surface area contributed by atoms with Crippen LogP contribution in [0.5, 0.6) is 0 Å². The van der Waals surface area contributed by atoms with Crippen molar-refractivity contribution in [2.45, 2.75) is 231 Å². The third-order valence-electron chi connectivity index (χ3n) is 9.76. The molecule has 50 heavy (non-hydrogen) atoms. The first kappa shape index (κ1) is 48.3. The number of nitrogens with one attached hydrogen (secondary N) is 1. The molecule has 0 saturated heterocycles. The second kappa shape index (κ2) is 41.8. The van der Waals surface area contributed by atoms with E-state index in [-0.39, 0.29) is 12.5 Å². The fourth-order valence-electron chi connectivity index (χ4n) is 6.38. The molecular weight excluding hydrogens is 615 g/mol. The summed E-state index contributed by atoms with van der Waals surface area (Å²) in [4.78, 5) is 12.4. The average Bonchev–Trinajstić information content (AvgIpc) is 3.12. The highest BCUT2D eigenvalue weighted by atomic mass is 16.3. The third kappa shape index (κ3) is 37.6. The Morgan fingerprint density at radius 2 is 0.780 bits per heavy atom. The van der Waals surface area contributed by atoms with E-state index in [4.69, 9.17) is 0 Å². The van der Waals surface area contributed by atoms with Crippen LogP contribution >= 0.6 is 0 Å². The molecule has 0 saturated carbocycles. The van der Waals surface area contributed by atoms with Gasteiger partial charge in [0.25, 0.3) is 0 Å². The van der Waals surface area contributed by atoms with E-state index in [1.165, 1.54) is 161 Å².